The molecule has 0 atom stereocenters. The van der Waals surface area contributed by atoms with E-state index in [2.05, 4.69) is 0 Å². The Morgan fingerprint density at radius 3 is 2.00 bits per heavy atom. The van der Waals surface area contributed by atoms with E-state index in [1.807, 2.05) is 0 Å². The van der Waals surface area contributed by atoms with Crippen LogP contribution in [0, 0.1) is 0 Å². The van der Waals surface area contributed by atoms with Crippen LogP contribution in [-0.2, 0) is 0 Å². The third-order valence-electron chi connectivity index (χ3n) is 1.25. The smallest absolute Gasteiger partial charge is 0.273 e. The summed E-state index contributed by atoms with van der Waals surface area (Å²) >= 11 is 11.5. The van der Waals surface area contributed by atoms with Crippen LogP contribution in [0.15, 0.2) is 18.2 Å². The predicted molar refractivity (Wildman–Crippen MR) is 46.7 cm³/mol. The minimum atomic E-state index is 0.139. The fraction of sp³-hybridized carbons (Fsp3) is 0. The van der Waals surface area contributed by atoms with Crippen molar-refractivity contribution in [1.29, 1.82) is 0 Å². The van der Waals surface area contributed by atoms with Crippen LogP contribution in [0.5, 0.6) is 0 Å². The molecule has 0 unspecified atom stereocenters. The van der Waals surface area contributed by atoms with Crippen molar-refractivity contribution in [3.63, 3.8) is 0 Å². The molecule has 0 amide bonds. The van der Waals surface area contributed by atoms with Crippen LogP contribution in [0.1, 0.15) is 5.56 Å². The summed E-state index contributed by atoms with van der Waals surface area (Å²) in [6, 6.07) is 5.10. The number of nitrogens with two attached hydrogens (primary N) is 2. The lowest BCUT2D eigenvalue weighted by atomic mass is 10.2. The summed E-state index contributed by atoms with van der Waals surface area (Å²) in [4.78, 5) is 0. The third kappa shape index (κ3) is 1.64. The lowest BCUT2D eigenvalue weighted by Crippen LogP contribution is -2.46. The second-order valence-electron chi connectivity index (χ2n) is 2.05. The van der Waals surface area contributed by atoms with Gasteiger partial charge in [-0.05, 0) is 12.1 Å². The number of hydrogen-bond acceptors (Lipinski definition) is 0. The third-order valence-corrected chi connectivity index (χ3v) is 1.88. The number of amidine groups is 1. The van der Waals surface area contributed by atoms with E-state index in [4.69, 9.17) is 34.3 Å². The highest BCUT2D eigenvalue weighted by molar-refractivity contribution is 6.39. The maximum atomic E-state index is 5.76. The highest BCUT2D eigenvalue weighted by Gasteiger charge is 2.10. The topological polar surface area (TPSA) is 51.6 Å². The predicted octanol–water partition coefficient (Wildman–Crippen LogP) is 0.458. The molecule has 11 heavy (non-hydrogen) atoms. The summed E-state index contributed by atoms with van der Waals surface area (Å²) in [7, 11) is 0. The Bertz CT molecular complexity index is 276. The molecule has 0 heterocycles. The molecule has 1 rings (SSSR count). The lowest BCUT2D eigenvalue weighted by molar-refractivity contribution is -0.114. The van der Waals surface area contributed by atoms with Crippen molar-refractivity contribution < 1.29 is 5.41 Å². The van der Waals surface area contributed by atoms with Crippen LogP contribution in [-0.4, -0.2) is 5.84 Å². The molecule has 0 aromatic heterocycles. The van der Waals surface area contributed by atoms with E-state index in [0.29, 0.717) is 15.6 Å². The summed E-state index contributed by atoms with van der Waals surface area (Å²) in [5.41, 5.74) is 5.85. The normalized spacial score (nSPS) is 9.64. The Morgan fingerprint density at radius 1 is 1.27 bits per heavy atom. The van der Waals surface area contributed by atoms with Gasteiger partial charge in [-0.3, -0.25) is 11.1 Å². The maximum Gasteiger partial charge on any atom is 0.273 e. The van der Waals surface area contributed by atoms with Gasteiger partial charge in [-0.1, -0.05) is 29.3 Å². The van der Waals surface area contributed by atoms with Gasteiger partial charge in [0.1, 0.15) is 0 Å². The average molecular weight is 190 g/mol. The van der Waals surface area contributed by atoms with Crippen LogP contribution >= 0.6 is 23.2 Å². The molecule has 0 fully saturated rings. The molecule has 0 aliphatic rings. The van der Waals surface area contributed by atoms with Gasteiger partial charge >= 0.3 is 0 Å². The number of hydrogen-bond donors (Lipinski definition) is 2. The van der Waals surface area contributed by atoms with E-state index in [0.717, 1.165) is 0 Å². The van der Waals surface area contributed by atoms with Crippen molar-refractivity contribution >= 4 is 29.0 Å². The van der Waals surface area contributed by atoms with Gasteiger partial charge in [-0.25, -0.2) is 0 Å². The van der Waals surface area contributed by atoms with Gasteiger partial charge in [0.05, 0.1) is 15.6 Å². The fourth-order valence-corrected chi connectivity index (χ4v) is 1.39. The van der Waals surface area contributed by atoms with Gasteiger partial charge in [0.25, 0.3) is 5.84 Å². The Hall–Kier alpha value is -0.730. The Kier molecular flexibility index (Phi) is 2.37. The van der Waals surface area contributed by atoms with E-state index in [1.54, 1.807) is 18.2 Å². The summed E-state index contributed by atoms with van der Waals surface area (Å²) in [5, 5.41) is 6.28. The SMILES string of the molecule is NC(=[NH2+])c1c(Cl)cccc1Cl. The number of halogens is 2. The molecule has 0 aliphatic heterocycles. The Morgan fingerprint density at radius 2 is 1.73 bits per heavy atom. The van der Waals surface area contributed by atoms with E-state index in [9.17, 15) is 0 Å². The first kappa shape index (κ1) is 8.37. The largest absolute Gasteiger partial charge is 0.287 e. The molecule has 1 aromatic rings. The van der Waals surface area contributed by atoms with Crippen molar-refractivity contribution in [3.8, 4) is 0 Å². The first-order chi connectivity index (χ1) is 5.13. The molecule has 0 saturated heterocycles. The molecule has 4 heteroatoms. The minimum absolute atomic E-state index is 0.139. The lowest BCUT2D eigenvalue weighted by Gasteiger charge is -1.98. The van der Waals surface area contributed by atoms with Crippen molar-refractivity contribution in [3.05, 3.63) is 33.8 Å². The van der Waals surface area contributed by atoms with Gasteiger partial charge < -0.3 is 0 Å². The van der Waals surface area contributed by atoms with Crippen molar-refractivity contribution in [2.75, 3.05) is 0 Å². The standard InChI is InChI=1S/C7H6Cl2N2/c8-4-2-1-3-5(9)6(4)7(10)11/h1-3H,(H3,10,11)/p+1. The number of benzene rings is 1. The molecule has 0 spiro atoms. The molecular weight excluding hydrogens is 183 g/mol. The summed E-state index contributed by atoms with van der Waals surface area (Å²) in [6.07, 6.45) is 0. The van der Waals surface area contributed by atoms with Crippen LogP contribution in [0.4, 0.5) is 0 Å². The second-order valence-corrected chi connectivity index (χ2v) is 2.87. The molecular formula is C7H7Cl2N2+. The summed E-state index contributed by atoms with van der Waals surface area (Å²) in [6.45, 7) is 0. The maximum absolute atomic E-state index is 5.76. The molecule has 0 aliphatic carbocycles. The van der Waals surface area contributed by atoms with Crippen molar-refractivity contribution in [1.82, 2.24) is 0 Å². The van der Waals surface area contributed by atoms with Crippen LogP contribution in [0.25, 0.3) is 0 Å². The van der Waals surface area contributed by atoms with Gasteiger partial charge in [0.15, 0.2) is 0 Å². The summed E-state index contributed by atoms with van der Waals surface area (Å²) in [5.74, 6) is 0.139. The zero-order valence-electron chi connectivity index (χ0n) is 5.64. The van der Waals surface area contributed by atoms with Crippen LogP contribution in [0.2, 0.25) is 10.0 Å². The van der Waals surface area contributed by atoms with Gasteiger partial charge in [0.2, 0.25) is 0 Å². The molecule has 0 radical (unpaired) electrons. The Labute approximate surface area is 74.4 Å². The monoisotopic (exact) mass is 189 g/mol. The van der Waals surface area contributed by atoms with Crippen LogP contribution in [0.3, 0.4) is 0 Å². The van der Waals surface area contributed by atoms with E-state index in [1.165, 1.54) is 0 Å². The highest BCUT2D eigenvalue weighted by atomic mass is 35.5. The zero-order valence-corrected chi connectivity index (χ0v) is 7.15. The zero-order chi connectivity index (χ0) is 8.43. The molecule has 58 valence electrons. The molecule has 0 saturated carbocycles. The van der Waals surface area contributed by atoms with Crippen LogP contribution < -0.4 is 11.1 Å². The fourth-order valence-electron chi connectivity index (χ4n) is 0.774. The van der Waals surface area contributed by atoms with Crippen molar-refractivity contribution in [2.45, 2.75) is 0 Å². The quantitative estimate of drug-likeness (QED) is 0.490. The average Bonchev–Trinajstić information content (AvgIpc) is 1.85. The Balaban J connectivity index is 3.32. The first-order valence-electron chi connectivity index (χ1n) is 2.95. The highest BCUT2D eigenvalue weighted by Crippen LogP contribution is 2.22. The number of rotatable bonds is 1. The van der Waals surface area contributed by atoms with Gasteiger partial charge in [-0.2, -0.15) is 0 Å². The molecule has 2 nitrogen and oxygen atoms in total. The first-order valence-corrected chi connectivity index (χ1v) is 3.71. The minimum Gasteiger partial charge on any atom is -0.287 e. The molecule has 0 bridgehead atoms. The molecule has 1 aromatic carbocycles. The van der Waals surface area contributed by atoms with E-state index >= 15 is 0 Å². The van der Waals surface area contributed by atoms with Gasteiger partial charge in [-0.15, -0.1) is 0 Å². The van der Waals surface area contributed by atoms with Gasteiger partial charge in [0, 0.05) is 0 Å². The van der Waals surface area contributed by atoms with Crippen molar-refractivity contribution in [2.24, 2.45) is 5.73 Å². The molecule has 4 N–H and O–H groups in total. The summed E-state index contributed by atoms with van der Waals surface area (Å²) < 4.78 is 0. The van der Waals surface area contributed by atoms with E-state index in [-0.39, 0.29) is 5.84 Å². The second kappa shape index (κ2) is 3.11. The van der Waals surface area contributed by atoms with E-state index < -0.39 is 0 Å².